The first-order chi connectivity index (χ1) is 8.81. The van der Waals surface area contributed by atoms with Gasteiger partial charge in [0, 0.05) is 0 Å². The molecule has 0 nitrogen and oxygen atoms in total. The lowest BCUT2D eigenvalue weighted by atomic mass is 9.80. The SMILES string of the molecule is CCCCCCCC1CCc2c(C)cccc2C1. The first-order valence-corrected chi connectivity index (χ1v) is 7.88. The monoisotopic (exact) mass is 244 g/mol. The van der Waals surface area contributed by atoms with Gasteiger partial charge in [-0.2, -0.15) is 0 Å². The molecule has 1 aromatic carbocycles. The Morgan fingerprint density at radius 3 is 2.78 bits per heavy atom. The Morgan fingerprint density at radius 2 is 1.94 bits per heavy atom. The Kier molecular flexibility index (Phi) is 5.28. The van der Waals surface area contributed by atoms with Crippen LogP contribution >= 0.6 is 0 Å². The minimum absolute atomic E-state index is 0.959. The van der Waals surface area contributed by atoms with Crippen LogP contribution < -0.4 is 0 Å². The van der Waals surface area contributed by atoms with Crippen molar-refractivity contribution in [1.82, 2.24) is 0 Å². The normalized spacial score (nSPS) is 18.7. The van der Waals surface area contributed by atoms with Crippen molar-refractivity contribution in [2.75, 3.05) is 0 Å². The number of rotatable bonds is 6. The van der Waals surface area contributed by atoms with Crippen molar-refractivity contribution in [3.63, 3.8) is 0 Å². The Labute approximate surface area is 113 Å². The van der Waals surface area contributed by atoms with Crippen LogP contribution in [-0.4, -0.2) is 0 Å². The topological polar surface area (TPSA) is 0 Å². The van der Waals surface area contributed by atoms with E-state index in [4.69, 9.17) is 0 Å². The van der Waals surface area contributed by atoms with Crippen LogP contribution in [0.2, 0.25) is 0 Å². The minimum atomic E-state index is 0.959. The molecule has 0 heterocycles. The smallest absolute Gasteiger partial charge is 0.0247 e. The molecule has 0 saturated carbocycles. The molecule has 2 rings (SSSR count). The zero-order valence-electron chi connectivity index (χ0n) is 12.2. The number of hydrogen-bond donors (Lipinski definition) is 0. The summed E-state index contributed by atoms with van der Waals surface area (Å²) in [6, 6.07) is 6.85. The van der Waals surface area contributed by atoms with Crippen LogP contribution in [0.1, 0.15) is 68.6 Å². The van der Waals surface area contributed by atoms with Crippen LogP contribution in [-0.2, 0) is 12.8 Å². The van der Waals surface area contributed by atoms with Crippen LogP contribution in [0.4, 0.5) is 0 Å². The number of fused-ring (bicyclic) bond motifs is 1. The molecule has 1 aliphatic carbocycles. The second-order valence-electron chi connectivity index (χ2n) is 6.02. The van der Waals surface area contributed by atoms with Gasteiger partial charge in [0.05, 0.1) is 0 Å². The molecule has 1 aliphatic rings. The summed E-state index contributed by atoms with van der Waals surface area (Å²) in [5.74, 6) is 0.959. The Hall–Kier alpha value is -0.780. The molecular formula is C18H28. The molecule has 18 heavy (non-hydrogen) atoms. The maximum Gasteiger partial charge on any atom is -0.0247 e. The largest absolute Gasteiger partial charge is 0.0654 e. The molecule has 0 aromatic heterocycles. The van der Waals surface area contributed by atoms with Gasteiger partial charge in [-0.3, -0.25) is 0 Å². The third-order valence-corrected chi connectivity index (χ3v) is 4.53. The predicted molar refractivity (Wildman–Crippen MR) is 80.1 cm³/mol. The van der Waals surface area contributed by atoms with Crippen molar-refractivity contribution >= 4 is 0 Å². The highest BCUT2D eigenvalue weighted by Crippen LogP contribution is 2.30. The van der Waals surface area contributed by atoms with E-state index in [0.29, 0.717) is 0 Å². The fraction of sp³-hybridized carbons (Fsp3) is 0.667. The van der Waals surface area contributed by atoms with Gasteiger partial charge in [-0.25, -0.2) is 0 Å². The van der Waals surface area contributed by atoms with Gasteiger partial charge in [0.1, 0.15) is 0 Å². The van der Waals surface area contributed by atoms with Gasteiger partial charge in [0.2, 0.25) is 0 Å². The third kappa shape index (κ3) is 3.60. The second-order valence-corrected chi connectivity index (χ2v) is 6.02. The van der Waals surface area contributed by atoms with Crippen molar-refractivity contribution in [2.24, 2.45) is 5.92 Å². The first-order valence-electron chi connectivity index (χ1n) is 7.88. The van der Waals surface area contributed by atoms with E-state index >= 15 is 0 Å². The standard InChI is InChI=1S/C18H28/c1-3-4-5-6-7-10-16-12-13-18-15(2)9-8-11-17(18)14-16/h8-9,11,16H,3-7,10,12-14H2,1-2H3. The highest BCUT2D eigenvalue weighted by Gasteiger charge is 2.18. The molecule has 1 unspecified atom stereocenters. The van der Waals surface area contributed by atoms with E-state index in [1.165, 1.54) is 63.4 Å². The summed E-state index contributed by atoms with van der Waals surface area (Å²) < 4.78 is 0. The zero-order valence-corrected chi connectivity index (χ0v) is 12.2. The van der Waals surface area contributed by atoms with Gasteiger partial charge in [-0.05, 0) is 48.8 Å². The molecule has 0 heteroatoms. The highest BCUT2D eigenvalue weighted by atomic mass is 14.2. The summed E-state index contributed by atoms with van der Waals surface area (Å²) in [5, 5.41) is 0. The summed E-state index contributed by atoms with van der Waals surface area (Å²) in [6.07, 6.45) is 12.7. The van der Waals surface area contributed by atoms with Crippen molar-refractivity contribution in [2.45, 2.75) is 71.6 Å². The molecule has 0 amide bonds. The molecule has 100 valence electrons. The fourth-order valence-electron chi connectivity index (χ4n) is 3.36. The third-order valence-electron chi connectivity index (χ3n) is 4.53. The lowest BCUT2D eigenvalue weighted by Gasteiger charge is -2.25. The van der Waals surface area contributed by atoms with E-state index < -0.39 is 0 Å². The van der Waals surface area contributed by atoms with Gasteiger partial charge >= 0.3 is 0 Å². The summed E-state index contributed by atoms with van der Waals surface area (Å²) in [6.45, 7) is 4.56. The van der Waals surface area contributed by atoms with E-state index in [0.717, 1.165) is 5.92 Å². The average Bonchev–Trinajstić information content (AvgIpc) is 2.39. The van der Waals surface area contributed by atoms with E-state index in [2.05, 4.69) is 32.0 Å². The molecule has 1 aromatic rings. The first kappa shape index (κ1) is 13.6. The Bertz CT molecular complexity index is 364. The lowest BCUT2D eigenvalue weighted by molar-refractivity contribution is 0.404. The molecule has 0 fully saturated rings. The van der Waals surface area contributed by atoms with Gasteiger partial charge in [0.25, 0.3) is 0 Å². The van der Waals surface area contributed by atoms with Crippen molar-refractivity contribution < 1.29 is 0 Å². The summed E-state index contributed by atoms with van der Waals surface area (Å²) in [4.78, 5) is 0. The van der Waals surface area contributed by atoms with Crippen molar-refractivity contribution in [3.8, 4) is 0 Å². The molecule has 0 radical (unpaired) electrons. The van der Waals surface area contributed by atoms with E-state index in [1.54, 1.807) is 11.1 Å². The molecule has 0 N–H and O–H groups in total. The maximum absolute atomic E-state index is 2.35. The summed E-state index contributed by atoms with van der Waals surface area (Å²) in [7, 11) is 0. The van der Waals surface area contributed by atoms with E-state index in [-0.39, 0.29) is 0 Å². The number of unbranched alkanes of at least 4 members (excludes halogenated alkanes) is 4. The van der Waals surface area contributed by atoms with Crippen LogP contribution in [0, 0.1) is 12.8 Å². The van der Waals surface area contributed by atoms with E-state index in [1.807, 2.05) is 0 Å². The highest BCUT2D eigenvalue weighted by molar-refractivity contribution is 5.36. The number of hydrogen-bond acceptors (Lipinski definition) is 0. The number of aryl methyl sites for hydroxylation is 1. The molecule has 0 spiro atoms. The van der Waals surface area contributed by atoms with E-state index in [9.17, 15) is 0 Å². The molecule has 0 aliphatic heterocycles. The Balaban J connectivity index is 1.78. The van der Waals surface area contributed by atoms with Crippen molar-refractivity contribution in [1.29, 1.82) is 0 Å². The van der Waals surface area contributed by atoms with Gasteiger partial charge in [0.15, 0.2) is 0 Å². The molecule has 0 bridgehead atoms. The van der Waals surface area contributed by atoms with Gasteiger partial charge < -0.3 is 0 Å². The van der Waals surface area contributed by atoms with Crippen LogP contribution in [0.15, 0.2) is 18.2 Å². The molecular weight excluding hydrogens is 216 g/mol. The lowest BCUT2D eigenvalue weighted by Crippen LogP contribution is -2.15. The minimum Gasteiger partial charge on any atom is -0.0654 e. The van der Waals surface area contributed by atoms with Crippen molar-refractivity contribution in [3.05, 3.63) is 34.9 Å². The molecule has 1 atom stereocenters. The predicted octanol–water partition coefficient (Wildman–Crippen LogP) is 5.46. The summed E-state index contributed by atoms with van der Waals surface area (Å²) in [5.41, 5.74) is 4.80. The van der Waals surface area contributed by atoms with Gasteiger partial charge in [-0.1, -0.05) is 63.6 Å². The average molecular weight is 244 g/mol. The summed E-state index contributed by atoms with van der Waals surface area (Å²) >= 11 is 0. The maximum atomic E-state index is 2.35. The number of benzene rings is 1. The second kappa shape index (κ2) is 6.97. The van der Waals surface area contributed by atoms with Crippen LogP contribution in [0.25, 0.3) is 0 Å². The van der Waals surface area contributed by atoms with Crippen LogP contribution in [0.5, 0.6) is 0 Å². The fourth-order valence-corrected chi connectivity index (χ4v) is 3.36. The van der Waals surface area contributed by atoms with Gasteiger partial charge in [-0.15, -0.1) is 0 Å². The van der Waals surface area contributed by atoms with Crippen LogP contribution in [0.3, 0.4) is 0 Å². The quantitative estimate of drug-likeness (QED) is 0.583. The zero-order chi connectivity index (χ0) is 12.8. The molecule has 0 saturated heterocycles. The Morgan fingerprint density at radius 1 is 1.11 bits per heavy atom.